The number of nitrogens with one attached hydrogen (secondary N) is 2. The molecule has 0 aromatic heterocycles. The molecule has 0 spiro atoms. The van der Waals surface area contributed by atoms with Crippen LogP contribution in [0.1, 0.15) is 19.3 Å². The van der Waals surface area contributed by atoms with Crippen molar-refractivity contribution >= 4 is 17.9 Å². The lowest BCUT2D eigenvalue weighted by molar-refractivity contribution is -0.124. The van der Waals surface area contributed by atoms with Gasteiger partial charge >= 0.3 is 6.03 Å². The van der Waals surface area contributed by atoms with Crippen molar-refractivity contribution in [3.8, 4) is 0 Å². The molecule has 0 saturated carbocycles. The van der Waals surface area contributed by atoms with E-state index >= 15 is 0 Å². The minimum Gasteiger partial charge on any atom is -0.354 e. The average Bonchev–Trinajstić information content (AvgIpc) is 3.27. The smallest absolute Gasteiger partial charge is 0.324 e. The summed E-state index contributed by atoms with van der Waals surface area (Å²) < 4.78 is 0. The summed E-state index contributed by atoms with van der Waals surface area (Å²) in [7, 11) is 1.78. The first-order valence-electron chi connectivity index (χ1n) is 8.47. The van der Waals surface area contributed by atoms with Gasteiger partial charge in [0, 0.05) is 39.3 Å². The summed E-state index contributed by atoms with van der Waals surface area (Å²) in [4.78, 5) is 33.5. The molecule has 3 aliphatic rings. The highest BCUT2D eigenvalue weighted by Crippen LogP contribution is 2.20. The molecule has 3 aliphatic heterocycles. The Labute approximate surface area is 136 Å². The molecule has 3 fully saturated rings. The van der Waals surface area contributed by atoms with Gasteiger partial charge in [-0.1, -0.05) is 0 Å². The van der Waals surface area contributed by atoms with Crippen LogP contribution in [0.15, 0.2) is 4.99 Å². The highest BCUT2D eigenvalue weighted by molar-refractivity contribution is 6.01. The number of nitrogens with zero attached hydrogens (tertiary/aromatic N) is 4. The van der Waals surface area contributed by atoms with Crippen LogP contribution in [-0.2, 0) is 4.79 Å². The summed E-state index contributed by atoms with van der Waals surface area (Å²) in [5.74, 6) is 0.695. The normalized spacial score (nSPS) is 26.3. The Morgan fingerprint density at radius 3 is 2.74 bits per heavy atom. The molecule has 1 unspecified atom stereocenters. The van der Waals surface area contributed by atoms with E-state index in [1.165, 1.54) is 37.3 Å². The Bertz CT molecular complexity index is 472. The highest BCUT2D eigenvalue weighted by Gasteiger charge is 2.31. The van der Waals surface area contributed by atoms with Gasteiger partial charge in [0.25, 0.3) is 0 Å². The monoisotopic (exact) mass is 322 g/mol. The molecule has 23 heavy (non-hydrogen) atoms. The highest BCUT2D eigenvalue weighted by atomic mass is 16.2. The Morgan fingerprint density at radius 2 is 2.09 bits per heavy atom. The summed E-state index contributed by atoms with van der Waals surface area (Å²) in [6, 6.07) is 0.323. The van der Waals surface area contributed by atoms with E-state index < -0.39 is 0 Å². The zero-order valence-corrected chi connectivity index (χ0v) is 13.8. The number of amides is 3. The van der Waals surface area contributed by atoms with Gasteiger partial charge in [0.15, 0.2) is 5.96 Å². The molecule has 2 N–H and O–H groups in total. The number of likely N-dealkylation sites (tertiary alicyclic amines) is 2. The van der Waals surface area contributed by atoms with E-state index in [4.69, 9.17) is 0 Å². The first kappa shape index (κ1) is 16.0. The number of hydrogen-bond donors (Lipinski definition) is 2. The Kier molecular flexibility index (Phi) is 5.00. The molecule has 0 aromatic rings. The van der Waals surface area contributed by atoms with Crippen LogP contribution in [0.3, 0.4) is 0 Å². The third kappa shape index (κ3) is 3.57. The van der Waals surface area contributed by atoms with Gasteiger partial charge in [-0.25, -0.2) is 4.79 Å². The number of rotatable bonds is 4. The summed E-state index contributed by atoms with van der Waals surface area (Å²) in [6.45, 7) is 5.45. The van der Waals surface area contributed by atoms with E-state index in [0.717, 1.165) is 19.0 Å². The number of carbonyl (C=O) groups excluding carboxylic acids is 2. The molecular formula is C15H26N6O2. The van der Waals surface area contributed by atoms with Gasteiger partial charge in [-0.05, 0) is 32.4 Å². The third-order valence-electron chi connectivity index (χ3n) is 4.89. The average molecular weight is 322 g/mol. The van der Waals surface area contributed by atoms with Crippen LogP contribution < -0.4 is 10.6 Å². The minimum atomic E-state index is -0.304. The maximum Gasteiger partial charge on any atom is 0.324 e. The number of guanidine groups is 1. The van der Waals surface area contributed by atoms with E-state index in [1.807, 2.05) is 0 Å². The van der Waals surface area contributed by atoms with Gasteiger partial charge in [-0.15, -0.1) is 0 Å². The molecule has 3 amide bonds. The van der Waals surface area contributed by atoms with E-state index in [2.05, 4.69) is 25.4 Å². The molecule has 8 nitrogen and oxygen atoms in total. The maximum absolute atomic E-state index is 11.5. The molecule has 8 heteroatoms. The van der Waals surface area contributed by atoms with Crippen molar-refractivity contribution in [1.82, 2.24) is 25.3 Å². The van der Waals surface area contributed by atoms with E-state index in [9.17, 15) is 9.59 Å². The quantitative estimate of drug-likeness (QED) is 0.406. The van der Waals surface area contributed by atoms with Gasteiger partial charge in [0.1, 0.15) is 0 Å². The van der Waals surface area contributed by atoms with Gasteiger partial charge < -0.3 is 15.5 Å². The Balaban J connectivity index is 1.45. The molecule has 0 aliphatic carbocycles. The summed E-state index contributed by atoms with van der Waals surface area (Å²) in [5, 5.41) is 5.80. The number of imide groups is 1. The van der Waals surface area contributed by atoms with Crippen LogP contribution in [0, 0.1) is 0 Å². The first-order chi connectivity index (χ1) is 11.2. The Morgan fingerprint density at radius 1 is 1.30 bits per heavy atom. The van der Waals surface area contributed by atoms with Crippen LogP contribution >= 0.6 is 0 Å². The fourth-order valence-corrected chi connectivity index (χ4v) is 3.63. The largest absolute Gasteiger partial charge is 0.354 e. The van der Waals surface area contributed by atoms with Crippen molar-refractivity contribution in [2.45, 2.75) is 25.3 Å². The number of urea groups is 1. The lowest BCUT2D eigenvalue weighted by Crippen LogP contribution is -2.45. The fourth-order valence-electron chi connectivity index (χ4n) is 3.63. The maximum atomic E-state index is 11.5. The first-order valence-corrected chi connectivity index (χ1v) is 8.47. The van der Waals surface area contributed by atoms with Gasteiger partial charge in [-0.2, -0.15) is 0 Å². The van der Waals surface area contributed by atoms with Crippen LogP contribution in [0.2, 0.25) is 0 Å². The topological polar surface area (TPSA) is 80.3 Å². The van der Waals surface area contributed by atoms with Gasteiger partial charge in [0.2, 0.25) is 5.91 Å². The molecule has 3 saturated heterocycles. The molecule has 1 atom stereocenters. The standard InChI is InChI=1S/C15H26N6O2/c1-16-14(17-5-9-21-13(22)10-18-15(21)23)20-8-4-12(11-20)19-6-2-3-7-19/h12H,2-11H2,1H3,(H,16,17)(H,18,23). The third-order valence-corrected chi connectivity index (χ3v) is 4.89. The van der Waals surface area contributed by atoms with Crippen molar-refractivity contribution in [1.29, 1.82) is 0 Å². The Hall–Kier alpha value is -1.83. The zero-order chi connectivity index (χ0) is 16.2. The predicted octanol–water partition coefficient (Wildman–Crippen LogP) is -0.716. The molecule has 3 rings (SSSR count). The van der Waals surface area contributed by atoms with Crippen molar-refractivity contribution in [2.24, 2.45) is 4.99 Å². The van der Waals surface area contributed by atoms with Crippen molar-refractivity contribution in [3.05, 3.63) is 0 Å². The van der Waals surface area contributed by atoms with E-state index in [-0.39, 0.29) is 18.5 Å². The van der Waals surface area contributed by atoms with Crippen molar-refractivity contribution < 1.29 is 9.59 Å². The second-order valence-corrected chi connectivity index (χ2v) is 6.31. The van der Waals surface area contributed by atoms with Crippen LogP contribution in [0.25, 0.3) is 0 Å². The van der Waals surface area contributed by atoms with Gasteiger partial charge in [-0.3, -0.25) is 19.6 Å². The second-order valence-electron chi connectivity index (χ2n) is 6.31. The van der Waals surface area contributed by atoms with E-state index in [1.54, 1.807) is 7.05 Å². The van der Waals surface area contributed by atoms with Crippen LogP contribution in [0.5, 0.6) is 0 Å². The number of aliphatic imine (C=N–C) groups is 1. The lowest BCUT2D eigenvalue weighted by atomic mass is 10.2. The van der Waals surface area contributed by atoms with Gasteiger partial charge in [0.05, 0.1) is 6.54 Å². The van der Waals surface area contributed by atoms with E-state index in [0.29, 0.717) is 19.1 Å². The predicted molar refractivity (Wildman–Crippen MR) is 87.3 cm³/mol. The summed E-state index contributed by atoms with van der Waals surface area (Å²) in [6.07, 6.45) is 3.80. The second kappa shape index (κ2) is 7.16. The molecule has 128 valence electrons. The molecule has 3 heterocycles. The summed E-state index contributed by atoms with van der Waals surface area (Å²) in [5.41, 5.74) is 0. The van der Waals surface area contributed by atoms with Crippen LogP contribution in [-0.4, -0.2) is 91.5 Å². The molecule has 0 radical (unpaired) electrons. The zero-order valence-electron chi connectivity index (χ0n) is 13.8. The molecular weight excluding hydrogens is 296 g/mol. The van der Waals surface area contributed by atoms with Crippen molar-refractivity contribution in [3.63, 3.8) is 0 Å². The molecule has 0 bridgehead atoms. The lowest BCUT2D eigenvalue weighted by Gasteiger charge is -2.25. The van der Waals surface area contributed by atoms with Crippen molar-refractivity contribution in [2.75, 3.05) is 52.9 Å². The van der Waals surface area contributed by atoms with Crippen LogP contribution in [0.4, 0.5) is 4.79 Å². The fraction of sp³-hybridized carbons (Fsp3) is 0.800. The molecule has 0 aromatic carbocycles. The minimum absolute atomic E-state index is 0.108. The SMILES string of the molecule is CN=C(NCCN1C(=O)CNC1=O)N1CCC(N2CCCC2)C1. The number of hydrogen-bond acceptors (Lipinski definition) is 4. The number of carbonyl (C=O) groups is 2. The summed E-state index contributed by atoms with van der Waals surface area (Å²) >= 11 is 0.